The summed E-state index contributed by atoms with van der Waals surface area (Å²) in [6.07, 6.45) is 0. The van der Waals surface area contributed by atoms with Crippen molar-refractivity contribution in [3.05, 3.63) is 50.9 Å². The van der Waals surface area contributed by atoms with E-state index in [-0.39, 0.29) is 24.1 Å². The molecule has 2 aromatic rings. The van der Waals surface area contributed by atoms with Gasteiger partial charge in [-0.2, -0.15) is 0 Å². The number of amides is 1. The lowest BCUT2D eigenvalue weighted by Crippen LogP contribution is -2.50. The van der Waals surface area contributed by atoms with Crippen LogP contribution in [0.3, 0.4) is 0 Å². The van der Waals surface area contributed by atoms with Crippen LogP contribution in [-0.4, -0.2) is 85.4 Å². The third kappa shape index (κ3) is 5.48. The smallest absolute Gasteiger partial charge is 0.234 e. The third-order valence-corrected chi connectivity index (χ3v) is 8.00. The topological polar surface area (TPSA) is 98.9 Å². The van der Waals surface area contributed by atoms with Gasteiger partial charge in [0.15, 0.2) is 0 Å². The van der Waals surface area contributed by atoms with Gasteiger partial charge < -0.3 is 10.2 Å². The monoisotopic (exact) mass is 513 g/mol. The van der Waals surface area contributed by atoms with E-state index in [1.807, 2.05) is 31.2 Å². The zero-order chi connectivity index (χ0) is 25.3. The predicted octanol–water partition coefficient (Wildman–Crippen LogP) is 3.38. The van der Waals surface area contributed by atoms with Crippen molar-refractivity contribution in [2.45, 2.75) is 26.8 Å². The van der Waals surface area contributed by atoms with E-state index in [1.54, 1.807) is 23.2 Å². The molecule has 1 unspecified atom stereocenters. The Labute approximate surface area is 215 Å². The number of anilines is 1. The Kier molecular flexibility index (Phi) is 7.70. The van der Waals surface area contributed by atoms with Crippen molar-refractivity contribution in [1.82, 2.24) is 15.1 Å². The lowest BCUT2D eigenvalue weighted by atomic mass is 10.00. The Bertz CT molecular complexity index is 1170. The highest BCUT2D eigenvalue weighted by molar-refractivity contribution is 7.17. The molecule has 0 spiro atoms. The van der Waals surface area contributed by atoms with Crippen molar-refractivity contribution in [3.63, 3.8) is 0 Å². The number of likely N-dealkylation sites (N-methyl/N-ethyl adjacent to an activating group) is 1. The van der Waals surface area contributed by atoms with Crippen molar-refractivity contribution < 1.29 is 4.79 Å². The van der Waals surface area contributed by atoms with Gasteiger partial charge in [-0.15, -0.1) is 11.3 Å². The summed E-state index contributed by atoms with van der Waals surface area (Å²) in [4.78, 5) is 24.9. The molecule has 1 aromatic heterocycles. The van der Waals surface area contributed by atoms with Crippen molar-refractivity contribution >= 4 is 51.2 Å². The second-order valence-electron chi connectivity index (χ2n) is 9.15. The minimum absolute atomic E-state index is 0.0743. The number of aliphatic imine (C=N–C) groups is 1. The van der Waals surface area contributed by atoms with Gasteiger partial charge in [0.25, 0.3) is 0 Å². The second-order valence-corrected chi connectivity index (χ2v) is 10.8. The zero-order valence-corrected chi connectivity index (χ0v) is 22.2. The first kappa shape index (κ1) is 25.5. The van der Waals surface area contributed by atoms with Crippen LogP contribution in [0.4, 0.5) is 5.00 Å². The first-order chi connectivity index (χ1) is 16.7. The van der Waals surface area contributed by atoms with Crippen LogP contribution in [0.5, 0.6) is 0 Å². The molecular formula is C25H32ClN7OS. The van der Waals surface area contributed by atoms with Gasteiger partial charge in [0, 0.05) is 53.8 Å². The lowest BCUT2D eigenvalue weighted by Gasteiger charge is -2.31. The van der Waals surface area contributed by atoms with E-state index in [9.17, 15) is 4.79 Å². The Balaban J connectivity index is 1.65. The van der Waals surface area contributed by atoms with Crippen molar-refractivity contribution in [2.24, 2.45) is 4.99 Å². The minimum atomic E-state index is -0.628. The summed E-state index contributed by atoms with van der Waals surface area (Å²) in [5, 5.41) is 21.9. The highest BCUT2D eigenvalue weighted by atomic mass is 35.5. The molecule has 0 radical (unpaired) electrons. The number of carbonyl (C=O) groups excluding carboxylic acids is 1. The average molecular weight is 514 g/mol. The SMILES string of the molecule is CC(=N)N1C(=N)C(CNC(=O)CN2CCN(C)CC2)N=C(c2ccc(Cl)cc2)c2c1sc(C)c2C. The number of nitrogens with zero attached hydrogens (tertiary/aromatic N) is 4. The number of rotatable bonds is 5. The van der Waals surface area contributed by atoms with E-state index < -0.39 is 6.04 Å². The highest BCUT2D eigenvalue weighted by Gasteiger charge is 2.34. The van der Waals surface area contributed by atoms with Gasteiger partial charge in [-0.25, -0.2) is 0 Å². The minimum Gasteiger partial charge on any atom is -0.352 e. The molecule has 8 nitrogen and oxygen atoms in total. The highest BCUT2D eigenvalue weighted by Crippen LogP contribution is 2.39. The molecule has 0 aliphatic carbocycles. The van der Waals surface area contributed by atoms with Crippen LogP contribution in [0.15, 0.2) is 29.3 Å². The lowest BCUT2D eigenvalue weighted by molar-refractivity contribution is -0.122. The summed E-state index contributed by atoms with van der Waals surface area (Å²) >= 11 is 7.71. The summed E-state index contributed by atoms with van der Waals surface area (Å²) < 4.78 is 0. The number of nitrogens with one attached hydrogen (secondary N) is 3. The van der Waals surface area contributed by atoms with E-state index >= 15 is 0 Å². The molecule has 1 saturated heterocycles. The fourth-order valence-electron chi connectivity index (χ4n) is 4.36. The zero-order valence-electron chi connectivity index (χ0n) is 20.6. The number of fused-ring (bicyclic) bond motifs is 1. The van der Waals surface area contributed by atoms with E-state index in [2.05, 4.69) is 29.1 Å². The number of aryl methyl sites for hydroxylation is 1. The first-order valence-corrected chi connectivity index (χ1v) is 12.9. The van der Waals surface area contributed by atoms with Crippen molar-refractivity contribution in [1.29, 1.82) is 10.8 Å². The first-order valence-electron chi connectivity index (χ1n) is 11.7. The van der Waals surface area contributed by atoms with E-state index in [0.29, 0.717) is 11.6 Å². The Morgan fingerprint density at radius 1 is 1.20 bits per heavy atom. The number of hydrogen-bond donors (Lipinski definition) is 3. The van der Waals surface area contributed by atoms with Gasteiger partial charge in [0.1, 0.15) is 22.7 Å². The van der Waals surface area contributed by atoms with Crippen molar-refractivity contribution in [3.8, 4) is 0 Å². The Morgan fingerprint density at radius 3 is 2.49 bits per heavy atom. The predicted molar refractivity (Wildman–Crippen MR) is 145 cm³/mol. The quantitative estimate of drug-likeness (QED) is 0.421. The summed E-state index contributed by atoms with van der Waals surface area (Å²) in [6, 6.07) is 6.89. The molecule has 2 aliphatic rings. The van der Waals surface area contributed by atoms with Crippen LogP contribution in [-0.2, 0) is 4.79 Å². The maximum absolute atomic E-state index is 12.7. The van der Waals surface area contributed by atoms with E-state index in [0.717, 1.165) is 58.5 Å². The Morgan fingerprint density at radius 2 is 1.86 bits per heavy atom. The maximum Gasteiger partial charge on any atom is 0.234 e. The number of amidine groups is 2. The molecule has 1 aromatic carbocycles. The number of piperazine rings is 1. The normalized spacial score (nSPS) is 19.2. The molecule has 0 bridgehead atoms. The van der Waals surface area contributed by atoms with E-state index in [1.165, 1.54) is 0 Å². The van der Waals surface area contributed by atoms with Crippen LogP contribution >= 0.6 is 22.9 Å². The fraction of sp³-hybridized carbons (Fsp3) is 0.440. The Hall–Kier alpha value is -2.59. The summed E-state index contributed by atoms with van der Waals surface area (Å²) in [5.74, 6) is 0.359. The molecule has 1 amide bonds. The molecule has 3 heterocycles. The van der Waals surface area contributed by atoms with Crippen LogP contribution < -0.4 is 10.2 Å². The number of thiophene rings is 1. The molecule has 186 valence electrons. The average Bonchev–Trinajstić information content (AvgIpc) is 3.02. The molecule has 0 saturated carbocycles. The van der Waals surface area contributed by atoms with Crippen LogP contribution in [0.1, 0.15) is 28.5 Å². The van der Waals surface area contributed by atoms with Gasteiger partial charge in [-0.3, -0.25) is 30.4 Å². The molecular weight excluding hydrogens is 482 g/mol. The third-order valence-electron chi connectivity index (χ3n) is 6.56. The standard InChI is InChI=1S/C25H32ClN7OS/c1-15-16(2)35-25-22(15)23(18-5-7-19(26)8-6-18)30-20(24(28)33(25)17(3)27)13-29-21(34)14-32-11-9-31(4)10-12-32/h5-8,20,27-28H,9-14H2,1-4H3,(H,29,34). The summed E-state index contributed by atoms with van der Waals surface area (Å²) in [5.41, 5.74) is 3.66. The number of hydrogen-bond acceptors (Lipinski definition) is 7. The van der Waals surface area contributed by atoms with Crippen LogP contribution in [0.2, 0.25) is 5.02 Å². The number of benzene rings is 1. The van der Waals surface area contributed by atoms with Gasteiger partial charge in [0.05, 0.1) is 12.3 Å². The largest absolute Gasteiger partial charge is 0.352 e. The number of halogens is 1. The molecule has 35 heavy (non-hydrogen) atoms. The van der Waals surface area contributed by atoms with Gasteiger partial charge >= 0.3 is 0 Å². The summed E-state index contributed by atoms with van der Waals surface area (Å²) in [7, 11) is 2.09. The van der Waals surface area contributed by atoms with E-state index in [4.69, 9.17) is 27.4 Å². The van der Waals surface area contributed by atoms with Gasteiger partial charge in [0.2, 0.25) is 5.91 Å². The van der Waals surface area contributed by atoms with Gasteiger partial charge in [-0.1, -0.05) is 23.7 Å². The van der Waals surface area contributed by atoms with Gasteiger partial charge in [-0.05, 0) is 45.5 Å². The van der Waals surface area contributed by atoms with Crippen LogP contribution in [0, 0.1) is 24.7 Å². The molecule has 1 atom stereocenters. The van der Waals surface area contributed by atoms with Crippen LogP contribution in [0.25, 0.3) is 0 Å². The maximum atomic E-state index is 12.7. The fourth-order valence-corrected chi connectivity index (χ4v) is 5.71. The molecule has 4 rings (SSSR count). The molecule has 2 aliphatic heterocycles. The molecule has 10 heteroatoms. The summed E-state index contributed by atoms with van der Waals surface area (Å²) in [6.45, 7) is 9.93. The second kappa shape index (κ2) is 10.6. The number of carbonyl (C=O) groups is 1. The molecule has 1 fully saturated rings. The molecule has 3 N–H and O–H groups in total. The van der Waals surface area contributed by atoms with Crippen molar-refractivity contribution in [2.75, 3.05) is 51.2 Å².